The van der Waals surface area contributed by atoms with E-state index in [9.17, 15) is 19.0 Å². The van der Waals surface area contributed by atoms with Gasteiger partial charge in [-0.2, -0.15) is 0 Å². The largest absolute Gasteiger partial charge is 0.462 e. The molecule has 0 bridgehead atoms. The van der Waals surface area contributed by atoms with E-state index in [-0.39, 0.29) is 19.0 Å². The summed E-state index contributed by atoms with van der Waals surface area (Å²) in [4.78, 5) is 33.9. The molecule has 0 heterocycles. The van der Waals surface area contributed by atoms with Gasteiger partial charge in [0.05, 0.1) is 6.61 Å². The maximum atomic E-state index is 12.4. The lowest BCUT2D eigenvalue weighted by Gasteiger charge is -2.18. The molecule has 286 valence electrons. The predicted molar refractivity (Wildman–Crippen MR) is 202 cm³/mol. The van der Waals surface area contributed by atoms with Crippen LogP contribution in [-0.4, -0.2) is 36.1 Å². The number of hydrogen-bond acceptors (Lipinski definition) is 6. The van der Waals surface area contributed by atoms with E-state index in [1.807, 2.05) is 0 Å². The first-order chi connectivity index (χ1) is 23.3. The smallest absolute Gasteiger partial charge is 0.421 e. The Bertz CT molecular complexity index is 761. The standard InChI is InChI=1S/C39H76ClO7P/c1-3-5-7-9-11-13-15-17-19-21-23-25-27-29-31-33-38(41)45-35-37(36-46-48(40,43)44)47-39(42)34-32-30-28-26-24-22-20-18-16-14-12-10-8-6-4-2/h37H,3-36H2,1-2H3,(H,43,44)/t37-/m1/s1. The highest BCUT2D eigenvalue weighted by atomic mass is 35.7. The average molecular weight is 723 g/mol. The van der Waals surface area contributed by atoms with Gasteiger partial charge in [-0.05, 0) is 12.8 Å². The number of esters is 2. The molecule has 7 nitrogen and oxygen atoms in total. The molecule has 48 heavy (non-hydrogen) atoms. The molecule has 0 spiro atoms. The third kappa shape index (κ3) is 38.2. The highest BCUT2D eigenvalue weighted by molar-refractivity contribution is 7.80. The molecule has 0 amide bonds. The summed E-state index contributed by atoms with van der Waals surface area (Å²) < 4.78 is 26.9. The normalized spacial score (nSPS) is 13.3. The van der Waals surface area contributed by atoms with E-state index in [1.165, 1.54) is 154 Å². The van der Waals surface area contributed by atoms with Crippen molar-refractivity contribution < 1.29 is 33.0 Å². The SMILES string of the molecule is CCCCCCCCCCCCCCCCCC(=O)OC[C@H](COP(=O)(O)Cl)OC(=O)CCCCCCCCCCCCCCCCC. The molecule has 1 N–H and O–H groups in total. The van der Waals surface area contributed by atoms with Crippen LogP contribution >= 0.6 is 18.2 Å². The van der Waals surface area contributed by atoms with Gasteiger partial charge < -0.3 is 14.4 Å². The fraction of sp³-hybridized carbons (Fsp3) is 0.949. The lowest BCUT2D eigenvalue weighted by Crippen LogP contribution is -2.29. The maximum Gasteiger partial charge on any atom is 0.421 e. The second-order valence-electron chi connectivity index (χ2n) is 13.9. The van der Waals surface area contributed by atoms with Gasteiger partial charge in [-0.25, -0.2) is 4.57 Å². The van der Waals surface area contributed by atoms with Crippen molar-refractivity contribution in [1.82, 2.24) is 0 Å². The molecular weight excluding hydrogens is 647 g/mol. The summed E-state index contributed by atoms with van der Waals surface area (Å²) in [7, 11) is 0. The van der Waals surface area contributed by atoms with E-state index < -0.39 is 25.6 Å². The highest BCUT2D eigenvalue weighted by Gasteiger charge is 2.22. The van der Waals surface area contributed by atoms with E-state index in [0.717, 1.165) is 38.5 Å². The van der Waals surface area contributed by atoms with Crippen LogP contribution in [0.4, 0.5) is 0 Å². The number of unbranched alkanes of at least 4 members (excludes halogenated alkanes) is 28. The summed E-state index contributed by atoms with van der Waals surface area (Å²) >= 11 is 5.30. The zero-order valence-electron chi connectivity index (χ0n) is 31.3. The first kappa shape index (κ1) is 47.4. The minimum absolute atomic E-state index is 0.223. The van der Waals surface area contributed by atoms with E-state index in [4.69, 9.17) is 25.2 Å². The van der Waals surface area contributed by atoms with Gasteiger partial charge in [-0.1, -0.05) is 194 Å². The van der Waals surface area contributed by atoms with Crippen molar-refractivity contribution in [3.8, 4) is 0 Å². The Kier molecular flexibility index (Phi) is 35.7. The molecule has 0 radical (unpaired) electrons. The van der Waals surface area contributed by atoms with Gasteiger partial charge in [-0.3, -0.25) is 14.1 Å². The molecule has 0 saturated carbocycles. The van der Waals surface area contributed by atoms with Gasteiger partial charge in [0, 0.05) is 24.1 Å². The minimum Gasteiger partial charge on any atom is -0.462 e. The van der Waals surface area contributed by atoms with Gasteiger partial charge in [0.2, 0.25) is 0 Å². The molecule has 0 aliphatic carbocycles. The molecular formula is C39H76ClO7P. The molecule has 0 aromatic rings. The zero-order valence-corrected chi connectivity index (χ0v) is 33.0. The molecule has 1 unspecified atom stereocenters. The third-order valence-corrected chi connectivity index (χ3v) is 9.88. The highest BCUT2D eigenvalue weighted by Crippen LogP contribution is 2.47. The van der Waals surface area contributed by atoms with Gasteiger partial charge in [0.15, 0.2) is 6.10 Å². The van der Waals surface area contributed by atoms with E-state index in [2.05, 4.69) is 13.8 Å². The summed E-state index contributed by atoms with van der Waals surface area (Å²) in [6.07, 6.45) is 37.1. The van der Waals surface area contributed by atoms with Crippen LogP contribution in [0.2, 0.25) is 0 Å². The Morgan fingerprint density at radius 2 is 0.792 bits per heavy atom. The fourth-order valence-corrected chi connectivity index (χ4v) is 6.59. The number of carbonyl (C=O) groups is 2. The molecule has 0 aliphatic rings. The van der Waals surface area contributed by atoms with E-state index >= 15 is 0 Å². The molecule has 0 saturated heterocycles. The van der Waals surface area contributed by atoms with E-state index in [1.54, 1.807) is 0 Å². The molecule has 0 aromatic heterocycles. The van der Waals surface area contributed by atoms with Crippen LogP contribution in [-0.2, 0) is 28.2 Å². The zero-order chi connectivity index (χ0) is 35.4. The van der Waals surface area contributed by atoms with Gasteiger partial charge in [0.25, 0.3) is 0 Å². The minimum atomic E-state index is -4.27. The number of halogens is 1. The number of hydrogen-bond donors (Lipinski definition) is 1. The lowest BCUT2D eigenvalue weighted by molar-refractivity contribution is -0.161. The van der Waals surface area contributed by atoms with Crippen molar-refractivity contribution in [1.29, 1.82) is 0 Å². The van der Waals surface area contributed by atoms with Crippen LogP contribution in [0.5, 0.6) is 0 Å². The molecule has 0 rings (SSSR count). The van der Waals surface area contributed by atoms with Crippen molar-refractivity contribution in [3.63, 3.8) is 0 Å². The summed E-state index contributed by atoms with van der Waals surface area (Å²) in [5.41, 5.74) is 0. The third-order valence-electron chi connectivity index (χ3n) is 9.12. The van der Waals surface area contributed by atoms with Crippen LogP contribution < -0.4 is 0 Å². The monoisotopic (exact) mass is 723 g/mol. The van der Waals surface area contributed by atoms with Crippen molar-refractivity contribution in [2.24, 2.45) is 0 Å². The van der Waals surface area contributed by atoms with Crippen molar-refractivity contribution in [2.75, 3.05) is 13.2 Å². The summed E-state index contributed by atoms with van der Waals surface area (Å²) in [5, 5.41) is 0. The Morgan fingerprint density at radius 1 is 0.500 bits per heavy atom. The lowest BCUT2D eigenvalue weighted by atomic mass is 10.0. The Balaban J connectivity index is 3.88. The first-order valence-electron chi connectivity index (χ1n) is 20.3. The van der Waals surface area contributed by atoms with Crippen LogP contribution in [0.1, 0.15) is 219 Å². The Labute approximate surface area is 301 Å². The van der Waals surface area contributed by atoms with Gasteiger partial charge >= 0.3 is 18.9 Å². The number of rotatable bonds is 38. The molecule has 0 fully saturated rings. The fourth-order valence-electron chi connectivity index (χ4n) is 6.08. The summed E-state index contributed by atoms with van der Waals surface area (Å²) in [6, 6.07) is 0. The molecule has 2 atom stereocenters. The first-order valence-corrected chi connectivity index (χ1v) is 22.8. The van der Waals surface area contributed by atoms with Crippen LogP contribution in [0.25, 0.3) is 0 Å². The second-order valence-corrected chi connectivity index (χ2v) is 16.4. The molecule has 0 aliphatic heterocycles. The maximum absolute atomic E-state index is 12.4. The van der Waals surface area contributed by atoms with Crippen molar-refractivity contribution >= 4 is 30.1 Å². The topological polar surface area (TPSA) is 99.1 Å². The van der Waals surface area contributed by atoms with E-state index in [0.29, 0.717) is 6.42 Å². The van der Waals surface area contributed by atoms with Gasteiger partial charge in [-0.15, -0.1) is 0 Å². The summed E-state index contributed by atoms with van der Waals surface area (Å²) in [5.74, 6) is -0.801. The van der Waals surface area contributed by atoms with Crippen LogP contribution in [0, 0.1) is 0 Å². The second kappa shape index (κ2) is 36.2. The molecule has 9 heteroatoms. The number of carbonyl (C=O) groups excluding carboxylic acids is 2. The molecule has 0 aromatic carbocycles. The van der Waals surface area contributed by atoms with Crippen LogP contribution in [0.3, 0.4) is 0 Å². The van der Waals surface area contributed by atoms with Gasteiger partial charge in [0.1, 0.15) is 6.61 Å². The Morgan fingerprint density at radius 3 is 1.10 bits per heavy atom. The quantitative estimate of drug-likeness (QED) is 0.0385. The summed E-state index contributed by atoms with van der Waals surface area (Å²) in [6.45, 7) is -0.384. The predicted octanol–water partition coefficient (Wildman–Crippen LogP) is 13.3. The van der Waals surface area contributed by atoms with Crippen molar-refractivity contribution in [2.45, 2.75) is 225 Å². The van der Waals surface area contributed by atoms with Crippen LogP contribution in [0.15, 0.2) is 0 Å². The van der Waals surface area contributed by atoms with Crippen molar-refractivity contribution in [3.05, 3.63) is 0 Å². The number of ether oxygens (including phenoxy) is 2. The Hall–Kier alpha value is -0.620. The average Bonchev–Trinajstić information content (AvgIpc) is 3.05.